The molecule has 0 aromatic carbocycles. The first-order valence-electron chi connectivity index (χ1n) is 6.13. The SMILES string of the molecule is CCCCN(CCCC)C(C)C(C)N.[Sn]. The zero-order valence-corrected chi connectivity index (χ0v) is 13.8. The molecule has 2 N–H and O–H groups in total. The molecule has 2 nitrogen and oxygen atoms in total. The van der Waals surface area contributed by atoms with E-state index in [0.29, 0.717) is 6.04 Å². The normalized spacial score (nSPS) is 14.8. The van der Waals surface area contributed by atoms with E-state index in [1.807, 2.05) is 0 Å². The minimum Gasteiger partial charge on any atom is -0.327 e. The molecule has 2 atom stereocenters. The number of rotatable bonds is 8. The average Bonchev–Trinajstić information content (AvgIpc) is 2.17. The van der Waals surface area contributed by atoms with Gasteiger partial charge in [0.15, 0.2) is 0 Å². The predicted molar refractivity (Wildman–Crippen MR) is 70.3 cm³/mol. The molecule has 0 heterocycles. The molecular formula is C12H28N2Sn. The third-order valence-corrected chi connectivity index (χ3v) is 2.93. The molecule has 0 aliphatic heterocycles. The van der Waals surface area contributed by atoms with Crippen molar-refractivity contribution in [2.24, 2.45) is 5.73 Å². The summed E-state index contributed by atoms with van der Waals surface area (Å²) < 4.78 is 0. The van der Waals surface area contributed by atoms with Gasteiger partial charge in [0.05, 0.1) is 0 Å². The van der Waals surface area contributed by atoms with Gasteiger partial charge in [-0.15, -0.1) is 0 Å². The van der Waals surface area contributed by atoms with E-state index >= 15 is 0 Å². The molecule has 2 unspecified atom stereocenters. The number of hydrogen-bond donors (Lipinski definition) is 1. The Morgan fingerprint density at radius 1 is 1.00 bits per heavy atom. The molecule has 3 heteroatoms. The van der Waals surface area contributed by atoms with Gasteiger partial charge < -0.3 is 5.73 Å². The maximum atomic E-state index is 5.94. The van der Waals surface area contributed by atoms with Gasteiger partial charge in [-0.05, 0) is 39.8 Å². The van der Waals surface area contributed by atoms with Crippen LogP contribution in [0.15, 0.2) is 0 Å². The van der Waals surface area contributed by atoms with Gasteiger partial charge in [-0.1, -0.05) is 26.7 Å². The van der Waals surface area contributed by atoms with E-state index < -0.39 is 0 Å². The quantitative estimate of drug-likeness (QED) is 0.695. The second-order valence-electron chi connectivity index (χ2n) is 4.34. The van der Waals surface area contributed by atoms with Crippen molar-refractivity contribution in [3.63, 3.8) is 0 Å². The van der Waals surface area contributed by atoms with Gasteiger partial charge in [-0.25, -0.2) is 0 Å². The Morgan fingerprint density at radius 3 is 1.67 bits per heavy atom. The van der Waals surface area contributed by atoms with E-state index in [2.05, 4.69) is 32.6 Å². The summed E-state index contributed by atoms with van der Waals surface area (Å²) in [6.07, 6.45) is 5.13. The largest absolute Gasteiger partial charge is 0.327 e. The Balaban J connectivity index is 0. The van der Waals surface area contributed by atoms with Gasteiger partial charge in [0.2, 0.25) is 0 Å². The van der Waals surface area contributed by atoms with Crippen LogP contribution in [0, 0.1) is 0 Å². The van der Waals surface area contributed by atoms with E-state index in [0.717, 1.165) is 0 Å². The third kappa shape index (κ3) is 8.52. The number of nitrogens with zero attached hydrogens (tertiary/aromatic N) is 1. The Kier molecular flexibility index (Phi) is 13.5. The van der Waals surface area contributed by atoms with Crippen LogP contribution in [0.2, 0.25) is 0 Å². The summed E-state index contributed by atoms with van der Waals surface area (Å²) in [5, 5.41) is 0. The minimum absolute atomic E-state index is 0. The van der Waals surface area contributed by atoms with Crippen LogP contribution in [0.4, 0.5) is 0 Å². The third-order valence-electron chi connectivity index (χ3n) is 2.93. The Bertz CT molecular complexity index is 121. The average molecular weight is 319 g/mol. The molecule has 0 saturated heterocycles. The van der Waals surface area contributed by atoms with Gasteiger partial charge in [0.1, 0.15) is 0 Å². The van der Waals surface area contributed by atoms with Crippen molar-refractivity contribution in [2.45, 2.75) is 65.5 Å². The molecule has 90 valence electrons. The van der Waals surface area contributed by atoms with Gasteiger partial charge in [0.25, 0.3) is 0 Å². The second-order valence-corrected chi connectivity index (χ2v) is 4.34. The van der Waals surface area contributed by atoms with Crippen LogP contribution in [-0.4, -0.2) is 54.0 Å². The van der Waals surface area contributed by atoms with Crippen LogP contribution in [0.25, 0.3) is 0 Å². The smallest absolute Gasteiger partial charge is 0.0216 e. The van der Waals surface area contributed by atoms with Crippen LogP contribution < -0.4 is 5.73 Å². The maximum Gasteiger partial charge on any atom is 0.0216 e. The van der Waals surface area contributed by atoms with Crippen LogP contribution >= 0.6 is 0 Å². The van der Waals surface area contributed by atoms with Crippen LogP contribution in [-0.2, 0) is 0 Å². The van der Waals surface area contributed by atoms with Crippen molar-refractivity contribution >= 4 is 23.9 Å². The molecule has 0 aromatic heterocycles. The summed E-state index contributed by atoms with van der Waals surface area (Å²) in [5.74, 6) is 0. The fraction of sp³-hybridized carbons (Fsp3) is 1.00. The first-order valence-corrected chi connectivity index (χ1v) is 6.13. The molecule has 0 aliphatic carbocycles. The first-order chi connectivity index (χ1) is 6.63. The van der Waals surface area contributed by atoms with Gasteiger partial charge in [0, 0.05) is 36.0 Å². The van der Waals surface area contributed by atoms with Gasteiger partial charge in [-0.2, -0.15) is 0 Å². The Morgan fingerprint density at radius 2 is 1.40 bits per heavy atom. The predicted octanol–water partition coefficient (Wildman–Crippen LogP) is 2.24. The zero-order chi connectivity index (χ0) is 11.0. The van der Waals surface area contributed by atoms with E-state index in [4.69, 9.17) is 5.73 Å². The Hall–Kier alpha value is 0.719. The molecule has 0 fully saturated rings. The standard InChI is InChI=1S/C12H28N2.Sn/c1-5-7-9-14(10-8-6-2)12(4)11(3)13;/h11-12H,5-10,13H2,1-4H3;. The maximum absolute atomic E-state index is 5.94. The molecule has 0 aromatic rings. The molecule has 4 radical (unpaired) electrons. The van der Waals surface area contributed by atoms with Crippen LogP contribution in [0.5, 0.6) is 0 Å². The van der Waals surface area contributed by atoms with Crippen LogP contribution in [0.3, 0.4) is 0 Å². The number of nitrogens with two attached hydrogens (primary N) is 1. The second kappa shape index (κ2) is 11.2. The van der Waals surface area contributed by atoms with Crippen molar-refractivity contribution in [1.82, 2.24) is 4.90 Å². The van der Waals surface area contributed by atoms with Crippen molar-refractivity contribution < 1.29 is 0 Å². The van der Waals surface area contributed by atoms with E-state index in [-0.39, 0.29) is 29.9 Å². The molecular weight excluding hydrogens is 291 g/mol. The number of hydrogen-bond acceptors (Lipinski definition) is 2. The molecule has 0 spiro atoms. The molecule has 0 amide bonds. The zero-order valence-electron chi connectivity index (χ0n) is 10.9. The van der Waals surface area contributed by atoms with Crippen LogP contribution in [0.1, 0.15) is 53.4 Å². The summed E-state index contributed by atoms with van der Waals surface area (Å²) in [6.45, 7) is 11.3. The van der Waals surface area contributed by atoms with Crippen molar-refractivity contribution in [1.29, 1.82) is 0 Å². The van der Waals surface area contributed by atoms with Crippen molar-refractivity contribution in [3.8, 4) is 0 Å². The van der Waals surface area contributed by atoms with E-state index in [1.165, 1.54) is 38.8 Å². The minimum atomic E-state index is 0. The summed E-state index contributed by atoms with van der Waals surface area (Å²) in [4.78, 5) is 2.54. The summed E-state index contributed by atoms with van der Waals surface area (Å²) in [6, 6.07) is 0.803. The Labute approximate surface area is 113 Å². The van der Waals surface area contributed by atoms with E-state index in [9.17, 15) is 0 Å². The van der Waals surface area contributed by atoms with Crippen molar-refractivity contribution in [3.05, 3.63) is 0 Å². The molecule has 0 bridgehead atoms. The van der Waals surface area contributed by atoms with Crippen molar-refractivity contribution in [2.75, 3.05) is 13.1 Å². The molecule has 0 aliphatic rings. The van der Waals surface area contributed by atoms with E-state index in [1.54, 1.807) is 0 Å². The molecule has 0 saturated carbocycles. The number of unbranched alkanes of at least 4 members (excludes halogenated alkanes) is 2. The summed E-state index contributed by atoms with van der Waals surface area (Å²) in [5.41, 5.74) is 5.94. The summed E-state index contributed by atoms with van der Waals surface area (Å²) >= 11 is 0. The molecule has 0 rings (SSSR count). The molecule has 15 heavy (non-hydrogen) atoms. The fourth-order valence-electron chi connectivity index (χ4n) is 1.57. The monoisotopic (exact) mass is 320 g/mol. The first kappa shape index (κ1) is 18.1. The van der Waals surface area contributed by atoms with Gasteiger partial charge in [-0.3, -0.25) is 4.90 Å². The summed E-state index contributed by atoms with van der Waals surface area (Å²) in [7, 11) is 0. The van der Waals surface area contributed by atoms with Gasteiger partial charge >= 0.3 is 0 Å². The fourth-order valence-corrected chi connectivity index (χ4v) is 1.57. The topological polar surface area (TPSA) is 29.3 Å².